The first-order chi connectivity index (χ1) is 18.0. The zero-order valence-electron chi connectivity index (χ0n) is 22.6. The predicted octanol–water partition coefficient (Wildman–Crippen LogP) is 5.72. The highest BCUT2D eigenvalue weighted by Crippen LogP contribution is 2.44. The van der Waals surface area contributed by atoms with Crippen molar-refractivity contribution in [1.82, 2.24) is 0 Å². The van der Waals surface area contributed by atoms with Gasteiger partial charge in [0.15, 0.2) is 9.84 Å². The molecule has 204 valence electrons. The molecule has 0 saturated heterocycles. The van der Waals surface area contributed by atoms with Crippen LogP contribution in [0.25, 0.3) is 10.8 Å². The van der Waals surface area contributed by atoms with Crippen LogP contribution in [0.4, 0.5) is 11.4 Å². The van der Waals surface area contributed by atoms with Crippen molar-refractivity contribution in [2.75, 3.05) is 50.0 Å². The first kappa shape index (κ1) is 28.4. The number of sulfone groups is 1. The standard InChI is InChI=1S/C30H39ClN3O3S/c1-34(2,21-22-13-15-24(16-14-22)38(3,36)37)17-9-5-4-6-12-29(35)33-20-23(19-31)30-26-11-8-7-10-25(26)27(32)18-28(30)33/h7-8,10-11,13-16,18,23H,4-6,9,12,17,19-21,32H2,1-3H3/q+1. The highest BCUT2D eigenvalue weighted by atomic mass is 35.5. The number of anilines is 2. The Morgan fingerprint density at radius 3 is 2.34 bits per heavy atom. The van der Waals surface area contributed by atoms with Gasteiger partial charge in [0.05, 0.1) is 25.5 Å². The van der Waals surface area contributed by atoms with Crippen LogP contribution in [0.1, 0.15) is 49.1 Å². The molecule has 6 nitrogen and oxygen atoms in total. The highest BCUT2D eigenvalue weighted by molar-refractivity contribution is 7.90. The molecule has 1 aliphatic heterocycles. The zero-order chi connectivity index (χ0) is 27.5. The number of unbranched alkanes of at least 4 members (excludes halogenated alkanes) is 3. The SMILES string of the molecule is C[N+](C)(CCCCCCC(=O)N1CC(CCl)c2c1cc(N)c1ccccc21)Cc1ccc(S(C)(=O)=O)cc1. The van der Waals surface area contributed by atoms with Crippen molar-refractivity contribution in [2.24, 2.45) is 0 Å². The molecule has 1 atom stereocenters. The minimum absolute atomic E-state index is 0.115. The monoisotopic (exact) mass is 556 g/mol. The Labute approximate surface area is 231 Å². The molecule has 1 heterocycles. The summed E-state index contributed by atoms with van der Waals surface area (Å²) in [6, 6.07) is 17.2. The van der Waals surface area contributed by atoms with Gasteiger partial charge in [-0.15, -0.1) is 11.6 Å². The molecule has 8 heteroatoms. The Balaban J connectivity index is 1.25. The maximum Gasteiger partial charge on any atom is 0.227 e. The van der Waals surface area contributed by atoms with Gasteiger partial charge in [0.1, 0.15) is 6.54 Å². The summed E-state index contributed by atoms with van der Waals surface area (Å²) in [5.41, 5.74) is 10.2. The molecule has 0 radical (unpaired) electrons. The first-order valence-corrected chi connectivity index (χ1v) is 15.7. The molecule has 0 spiro atoms. The summed E-state index contributed by atoms with van der Waals surface area (Å²) in [5, 5.41) is 2.11. The van der Waals surface area contributed by atoms with Crippen molar-refractivity contribution in [2.45, 2.75) is 49.5 Å². The summed E-state index contributed by atoms with van der Waals surface area (Å²) in [5.74, 6) is 0.728. The van der Waals surface area contributed by atoms with Crippen LogP contribution in [0, 0.1) is 0 Å². The van der Waals surface area contributed by atoms with E-state index in [-0.39, 0.29) is 11.8 Å². The lowest BCUT2D eigenvalue weighted by molar-refractivity contribution is -0.903. The number of halogens is 1. The van der Waals surface area contributed by atoms with Gasteiger partial charge in [0.2, 0.25) is 5.91 Å². The third kappa shape index (κ3) is 6.50. The number of alkyl halides is 1. The molecular formula is C30H39ClN3O3S+. The third-order valence-electron chi connectivity index (χ3n) is 7.55. The first-order valence-electron chi connectivity index (χ1n) is 13.3. The molecule has 0 fully saturated rings. The van der Waals surface area contributed by atoms with Gasteiger partial charge >= 0.3 is 0 Å². The van der Waals surface area contributed by atoms with E-state index in [1.807, 2.05) is 41.3 Å². The number of fused-ring (bicyclic) bond motifs is 3. The number of quaternary nitrogens is 1. The van der Waals surface area contributed by atoms with Crippen LogP contribution in [-0.2, 0) is 21.2 Å². The predicted molar refractivity (Wildman–Crippen MR) is 157 cm³/mol. The lowest BCUT2D eigenvalue weighted by Gasteiger charge is -2.30. The Morgan fingerprint density at radius 2 is 1.68 bits per heavy atom. The Kier molecular flexibility index (Phi) is 8.70. The molecule has 0 bridgehead atoms. The number of nitrogens with zero attached hydrogens (tertiary/aromatic N) is 2. The average Bonchev–Trinajstić information content (AvgIpc) is 3.24. The van der Waals surface area contributed by atoms with Crippen LogP contribution < -0.4 is 10.6 Å². The second kappa shape index (κ2) is 11.6. The topological polar surface area (TPSA) is 80.5 Å². The van der Waals surface area contributed by atoms with Crippen LogP contribution in [0.2, 0.25) is 0 Å². The lowest BCUT2D eigenvalue weighted by atomic mass is 9.95. The van der Waals surface area contributed by atoms with Crippen LogP contribution in [0.5, 0.6) is 0 Å². The average molecular weight is 557 g/mol. The second-order valence-corrected chi connectivity index (χ2v) is 13.5. The Bertz CT molecular complexity index is 1400. The molecule has 38 heavy (non-hydrogen) atoms. The molecule has 3 aromatic rings. The molecule has 1 amide bonds. The fourth-order valence-electron chi connectivity index (χ4n) is 5.55. The summed E-state index contributed by atoms with van der Waals surface area (Å²) in [6.45, 7) is 2.48. The van der Waals surface area contributed by atoms with Gasteiger partial charge in [-0.3, -0.25) is 4.79 Å². The summed E-state index contributed by atoms with van der Waals surface area (Å²) in [4.78, 5) is 15.4. The minimum Gasteiger partial charge on any atom is -0.398 e. The van der Waals surface area contributed by atoms with Crippen LogP contribution in [-0.4, -0.2) is 58.1 Å². The molecular weight excluding hydrogens is 518 g/mol. The smallest absolute Gasteiger partial charge is 0.227 e. The number of carbonyl (C=O) groups excluding carboxylic acids is 1. The molecule has 1 unspecified atom stereocenters. The quantitative estimate of drug-likeness (QED) is 0.142. The Hall–Kier alpha value is -2.61. The molecule has 4 rings (SSSR count). The fourth-order valence-corrected chi connectivity index (χ4v) is 6.44. The molecule has 0 aromatic heterocycles. The van der Waals surface area contributed by atoms with Gasteiger partial charge in [-0.05, 0) is 48.4 Å². The number of rotatable bonds is 11. The molecule has 2 N–H and O–H groups in total. The van der Waals surface area contributed by atoms with E-state index in [0.717, 1.165) is 70.8 Å². The van der Waals surface area contributed by atoms with Gasteiger partial charge < -0.3 is 15.1 Å². The van der Waals surface area contributed by atoms with Crippen molar-refractivity contribution < 1.29 is 17.7 Å². The fraction of sp³-hybridized carbons (Fsp3) is 0.433. The van der Waals surface area contributed by atoms with Gasteiger partial charge in [0.25, 0.3) is 0 Å². The van der Waals surface area contributed by atoms with Gasteiger partial charge in [0, 0.05) is 53.3 Å². The zero-order valence-corrected chi connectivity index (χ0v) is 24.2. The van der Waals surface area contributed by atoms with E-state index >= 15 is 0 Å². The lowest BCUT2D eigenvalue weighted by Crippen LogP contribution is -2.39. The van der Waals surface area contributed by atoms with Crippen LogP contribution >= 0.6 is 11.6 Å². The normalized spacial score (nSPS) is 15.7. The Morgan fingerprint density at radius 1 is 1.03 bits per heavy atom. The second-order valence-electron chi connectivity index (χ2n) is 11.2. The van der Waals surface area contributed by atoms with Gasteiger partial charge in [-0.1, -0.05) is 42.8 Å². The van der Waals surface area contributed by atoms with Crippen molar-refractivity contribution in [3.63, 3.8) is 0 Å². The molecule has 0 saturated carbocycles. The van der Waals surface area contributed by atoms with E-state index in [1.54, 1.807) is 12.1 Å². The minimum atomic E-state index is -3.17. The van der Waals surface area contributed by atoms with Crippen molar-refractivity contribution in [3.8, 4) is 0 Å². The molecule has 1 aliphatic rings. The van der Waals surface area contributed by atoms with E-state index in [1.165, 1.54) is 6.26 Å². The number of hydrogen-bond donors (Lipinski definition) is 1. The van der Waals surface area contributed by atoms with Crippen molar-refractivity contribution in [3.05, 3.63) is 65.7 Å². The van der Waals surface area contributed by atoms with E-state index in [4.69, 9.17) is 17.3 Å². The number of amides is 1. The highest BCUT2D eigenvalue weighted by Gasteiger charge is 2.33. The summed E-state index contributed by atoms with van der Waals surface area (Å²) in [6.07, 6.45) is 5.76. The van der Waals surface area contributed by atoms with E-state index in [0.29, 0.717) is 29.4 Å². The van der Waals surface area contributed by atoms with Crippen molar-refractivity contribution >= 4 is 49.5 Å². The van der Waals surface area contributed by atoms with Crippen LogP contribution in [0.3, 0.4) is 0 Å². The summed E-state index contributed by atoms with van der Waals surface area (Å²) in [7, 11) is 1.22. The number of nitrogen functional groups attached to an aromatic ring is 1. The number of hydrogen-bond acceptors (Lipinski definition) is 4. The van der Waals surface area contributed by atoms with Crippen LogP contribution in [0.15, 0.2) is 59.5 Å². The molecule has 0 aliphatic carbocycles. The summed E-state index contributed by atoms with van der Waals surface area (Å²) >= 11 is 6.33. The van der Waals surface area contributed by atoms with Gasteiger partial charge in [-0.2, -0.15) is 0 Å². The maximum atomic E-state index is 13.2. The van der Waals surface area contributed by atoms with E-state index in [2.05, 4.69) is 20.2 Å². The summed E-state index contributed by atoms with van der Waals surface area (Å²) < 4.78 is 24.2. The largest absolute Gasteiger partial charge is 0.398 e. The number of carbonyl (C=O) groups is 1. The third-order valence-corrected chi connectivity index (χ3v) is 9.05. The van der Waals surface area contributed by atoms with E-state index < -0.39 is 9.84 Å². The maximum absolute atomic E-state index is 13.2. The van der Waals surface area contributed by atoms with E-state index in [9.17, 15) is 13.2 Å². The van der Waals surface area contributed by atoms with Gasteiger partial charge in [-0.25, -0.2) is 8.42 Å². The van der Waals surface area contributed by atoms with Crippen molar-refractivity contribution in [1.29, 1.82) is 0 Å². The number of nitrogens with two attached hydrogens (primary N) is 1. The number of benzene rings is 3. The molecule has 3 aromatic carbocycles.